The van der Waals surface area contributed by atoms with Gasteiger partial charge >= 0.3 is 14.3 Å². The van der Waals surface area contributed by atoms with E-state index in [4.69, 9.17) is 23.8 Å². The Labute approximate surface area is 168 Å². The summed E-state index contributed by atoms with van der Waals surface area (Å²) in [6, 6.07) is 5.88. The highest BCUT2D eigenvalue weighted by molar-refractivity contribution is 7.42. The van der Waals surface area contributed by atoms with Crippen molar-refractivity contribution in [2.75, 3.05) is 13.9 Å². The lowest BCUT2D eigenvalue weighted by atomic mass is 10.1. The summed E-state index contributed by atoms with van der Waals surface area (Å²) in [5.41, 5.74) is 1.67. The van der Waals surface area contributed by atoms with E-state index in [-0.39, 0.29) is 12.4 Å². The van der Waals surface area contributed by atoms with E-state index in [1.54, 1.807) is 6.92 Å². The van der Waals surface area contributed by atoms with Gasteiger partial charge in [0, 0.05) is 37.4 Å². The van der Waals surface area contributed by atoms with E-state index in [1.165, 1.54) is 17.9 Å². The molecule has 1 unspecified atom stereocenters. The number of rotatable bonds is 6. The van der Waals surface area contributed by atoms with E-state index in [1.807, 2.05) is 25.1 Å². The van der Waals surface area contributed by atoms with Gasteiger partial charge in [-0.2, -0.15) is 0 Å². The van der Waals surface area contributed by atoms with Crippen LogP contribution in [-0.4, -0.2) is 40.0 Å². The van der Waals surface area contributed by atoms with Gasteiger partial charge in [-0.25, -0.2) is 4.79 Å². The monoisotopic (exact) mass is 428 g/mol. The zero-order valence-corrected chi connectivity index (χ0v) is 17.3. The third-order valence-electron chi connectivity index (χ3n) is 4.03. The highest BCUT2D eigenvalue weighted by atomic mass is 31.2. The Balaban J connectivity index is 0.000000207. The third-order valence-corrected chi connectivity index (χ3v) is 5.02. The smallest absolute Gasteiger partial charge is 0.399 e. The number of hydrogen-bond donors (Lipinski definition) is 3. The van der Waals surface area contributed by atoms with Crippen LogP contribution in [0.25, 0.3) is 0 Å². The second-order valence-corrected chi connectivity index (χ2v) is 7.30. The Hall–Kier alpha value is -2.07. The Morgan fingerprint density at radius 3 is 2.76 bits per heavy atom. The lowest BCUT2D eigenvalue weighted by Crippen LogP contribution is -2.31. The van der Waals surface area contributed by atoms with Gasteiger partial charge in [-0.05, 0) is 19.4 Å². The topological polar surface area (TPSA) is 132 Å². The molecule has 11 heteroatoms. The predicted molar refractivity (Wildman–Crippen MR) is 105 cm³/mol. The van der Waals surface area contributed by atoms with Gasteiger partial charge in [0.2, 0.25) is 0 Å². The van der Waals surface area contributed by atoms with Gasteiger partial charge in [-0.3, -0.25) is 18.8 Å². The first-order chi connectivity index (χ1) is 13.8. The maximum absolute atomic E-state index is 11.3. The number of fused-ring (bicyclic) bond motifs is 1. The maximum atomic E-state index is 11.3. The summed E-state index contributed by atoms with van der Waals surface area (Å²) in [5, 5.41) is 17.7. The number of aryl methyl sites for hydroxylation is 3. The summed E-state index contributed by atoms with van der Waals surface area (Å²) in [7, 11) is -0.0441. The molecule has 10 nitrogen and oxygen atoms in total. The van der Waals surface area contributed by atoms with Crippen molar-refractivity contribution >= 4 is 8.60 Å². The fraction of sp³-hybridized carbons (Fsp3) is 0.444. The van der Waals surface area contributed by atoms with Crippen LogP contribution in [0.1, 0.15) is 23.1 Å². The number of aromatic amines is 1. The normalized spacial score (nSPS) is 16.2. The van der Waals surface area contributed by atoms with E-state index < -0.39 is 20.6 Å². The van der Waals surface area contributed by atoms with Crippen molar-refractivity contribution < 1.29 is 28.5 Å². The van der Waals surface area contributed by atoms with Crippen molar-refractivity contribution in [1.82, 2.24) is 9.55 Å². The zero-order valence-electron chi connectivity index (χ0n) is 16.5. The predicted octanol–water partition coefficient (Wildman–Crippen LogP) is 1.30. The lowest BCUT2D eigenvalue weighted by molar-refractivity contribution is -0.0804. The first-order valence-corrected chi connectivity index (χ1v) is 9.89. The summed E-state index contributed by atoms with van der Waals surface area (Å²) in [6.07, 6.45) is 0.856. The van der Waals surface area contributed by atoms with Gasteiger partial charge < -0.3 is 24.0 Å². The number of nitrogens with zero attached hydrogens (tertiary/aromatic N) is 1. The van der Waals surface area contributed by atoms with Crippen molar-refractivity contribution in [3.63, 3.8) is 0 Å². The molecule has 0 saturated carbocycles. The van der Waals surface area contributed by atoms with Crippen LogP contribution >= 0.6 is 8.60 Å². The van der Waals surface area contributed by atoms with Gasteiger partial charge in [0.1, 0.15) is 5.75 Å². The first-order valence-electron chi connectivity index (χ1n) is 8.80. The molecule has 3 N–H and O–H groups in total. The molecule has 1 aromatic carbocycles. The molecule has 1 aliphatic heterocycles. The van der Waals surface area contributed by atoms with E-state index in [2.05, 4.69) is 9.72 Å². The summed E-state index contributed by atoms with van der Waals surface area (Å²) < 4.78 is 21.6. The fourth-order valence-electron chi connectivity index (χ4n) is 2.44. The number of H-pyrrole nitrogens is 1. The number of nitrogens with one attached hydrogen (secondary N) is 1. The molecule has 0 saturated heterocycles. The minimum Gasteiger partial charge on any atom is -0.426 e. The van der Waals surface area contributed by atoms with Crippen LogP contribution in [0.3, 0.4) is 0 Å². The lowest BCUT2D eigenvalue weighted by Gasteiger charge is -2.24. The average molecular weight is 428 g/mol. The summed E-state index contributed by atoms with van der Waals surface area (Å²) >= 11 is 0. The molecule has 3 rings (SSSR count). The van der Waals surface area contributed by atoms with Crippen LogP contribution in [0.4, 0.5) is 0 Å². The van der Waals surface area contributed by atoms with Crippen molar-refractivity contribution in [1.29, 1.82) is 0 Å². The van der Waals surface area contributed by atoms with Gasteiger partial charge in [-0.1, -0.05) is 18.2 Å². The van der Waals surface area contributed by atoms with Crippen molar-refractivity contribution in [2.45, 2.75) is 39.7 Å². The Bertz CT molecular complexity index is 913. The quantitative estimate of drug-likeness (QED) is 0.463. The van der Waals surface area contributed by atoms with Crippen molar-refractivity contribution in [3.8, 4) is 5.75 Å². The first kappa shape index (κ1) is 23.2. The number of para-hydroxylation sites is 1. The molecule has 0 radical (unpaired) electrons. The molecule has 29 heavy (non-hydrogen) atoms. The zero-order chi connectivity index (χ0) is 21.4. The van der Waals surface area contributed by atoms with Crippen LogP contribution in [0.2, 0.25) is 0 Å². The number of hydrogen-bond acceptors (Lipinski definition) is 8. The van der Waals surface area contributed by atoms with Crippen LogP contribution in [0, 0.1) is 13.8 Å². The molecule has 0 aliphatic carbocycles. The molecular formula is C18H25N2O8P. The molecule has 1 aromatic heterocycles. The third kappa shape index (κ3) is 6.74. The van der Waals surface area contributed by atoms with Crippen LogP contribution < -0.4 is 15.8 Å². The highest BCUT2D eigenvalue weighted by Gasteiger charge is 2.23. The maximum Gasteiger partial charge on any atom is 0.399 e. The number of ether oxygens (including phenoxy) is 1. The number of benzene rings is 1. The molecule has 2 atom stereocenters. The minimum absolute atomic E-state index is 0.294. The SMILES string of the molecule is CO[C@H](O)CCn1cc(C)c(=O)[nH]c1=O.Cc1cccc2c1OP(OCO)OC2. The molecular weight excluding hydrogens is 403 g/mol. The van der Waals surface area contributed by atoms with Gasteiger partial charge in [0.15, 0.2) is 13.1 Å². The molecule has 2 aromatic rings. The Kier molecular flexibility index (Phi) is 8.97. The number of aliphatic hydroxyl groups is 2. The second-order valence-electron chi connectivity index (χ2n) is 6.15. The highest BCUT2D eigenvalue weighted by Crippen LogP contribution is 2.47. The van der Waals surface area contributed by atoms with Crippen LogP contribution in [0.5, 0.6) is 5.75 Å². The molecule has 0 spiro atoms. The fourth-order valence-corrected chi connectivity index (χ4v) is 3.37. The molecule has 0 amide bonds. The summed E-state index contributed by atoms with van der Waals surface area (Å²) in [5.74, 6) is 0.818. The molecule has 160 valence electrons. The average Bonchev–Trinajstić information content (AvgIpc) is 2.71. The second kappa shape index (κ2) is 11.2. The van der Waals surface area contributed by atoms with Gasteiger partial charge in [0.05, 0.1) is 6.61 Å². The molecule has 1 aliphatic rings. The number of aliphatic hydroxyl groups excluding tert-OH is 2. The van der Waals surface area contributed by atoms with E-state index >= 15 is 0 Å². The standard InChI is InChI=1S/C9H14N2O4.C9H11O4P/c1-6-5-11(4-3-7(12)15-2)9(14)10-8(6)13;1-7-3-2-4-8-5-11-14(12-6-10)13-9(7)8/h5,7,12H,3-4H2,1-2H3,(H,10,13,14);2-4,10H,5-6H2,1H3/t7-;/m0./s1. The van der Waals surface area contributed by atoms with E-state index in [0.717, 1.165) is 16.9 Å². The van der Waals surface area contributed by atoms with Gasteiger partial charge in [0.25, 0.3) is 5.56 Å². The minimum atomic E-state index is -1.42. The number of methoxy groups -OCH3 is 1. The Morgan fingerprint density at radius 1 is 1.31 bits per heavy atom. The van der Waals surface area contributed by atoms with Crippen LogP contribution in [-0.2, 0) is 26.9 Å². The summed E-state index contributed by atoms with van der Waals surface area (Å²) in [6.45, 7) is 3.97. The molecule has 2 heterocycles. The number of aromatic nitrogens is 2. The van der Waals surface area contributed by atoms with Crippen molar-refractivity contribution in [2.24, 2.45) is 0 Å². The largest absolute Gasteiger partial charge is 0.426 e. The molecule has 0 bridgehead atoms. The van der Waals surface area contributed by atoms with E-state index in [0.29, 0.717) is 25.1 Å². The van der Waals surface area contributed by atoms with Crippen molar-refractivity contribution in [3.05, 3.63) is 61.9 Å². The Morgan fingerprint density at radius 2 is 2.07 bits per heavy atom. The van der Waals surface area contributed by atoms with E-state index in [9.17, 15) is 9.59 Å². The summed E-state index contributed by atoms with van der Waals surface area (Å²) in [4.78, 5) is 24.5. The van der Waals surface area contributed by atoms with Crippen LogP contribution in [0.15, 0.2) is 34.0 Å². The van der Waals surface area contributed by atoms with Gasteiger partial charge in [-0.15, -0.1) is 0 Å². The molecule has 0 fully saturated rings.